The number of fused-ring (bicyclic) bond motifs is 2. The first kappa shape index (κ1) is 13.0. The zero-order chi connectivity index (χ0) is 15.3. The van der Waals surface area contributed by atoms with E-state index < -0.39 is 11.8 Å². The summed E-state index contributed by atoms with van der Waals surface area (Å²) in [5, 5.41) is 10.0. The van der Waals surface area contributed by atoms with E-state index >= 15 is 0 Å². The van der Waals surface area contributed by atoms with E-state index in [1.807, 2.05) is 0 Å². The average Bonchev–Trinajstić information content (AvgIpc) is 3.06. The minimum Gasteiger partial charge on any atom is -0.507 e. The summed E-state index contributed by atoms with van der Waals surface area (Å²) < 4.78 is 11.4. The lowest BCUT2D eigenvalue weighted by Gasteiger charge is -2.13. The van der Waals surface area contributed by atoms with Crippen LogP contribution in [0.3, 0.4) is 0 Å². The molecule has 0 bridgehead atoms. The Balaban J connectivity index is 1.68. The van der Waals surface area contributed by atoms with E-state index in [2.05, 4.69) is 0 Å². The number of amides is 2. The van der Waals surface area contributed by atoms with Gasteiger partial charge >= 0.3 is 0 Å². The topological polar surface area (TPSA) is 76.1 Å². The highest BCUT2D eigenvalue weighted by molar-refractivity contribution is 7.98. The molecule has 2 heterocycles. The van der Waals surface area contributed by atoms with Gasteiger partial charge in [0.2, 0.25) is 6.79 Å². The van der Waals surface area contributed by atoms with Crippen molar-refractivity contribution in [3.8, 4) is 17.2 Å². The van der Waals surface area contributed by atoms with E-state index in [9.17, 15) is 14.7 Å². The maximum atomic E-state index is 12.3. The van der Waals surface area contributed by atoms with Crippen molar-refractivity contribution in [3.05, 3.63) is 47.5 Å². The van der Waals surface area contributed by atoms with Crippen LogP contribution in [0.2, 0.25) is 0 Å². The summed E-state index contributed by atoms with van der Waals surface area (Å²) in [6.45, 7) is 0.0793. The molecule has 2 aromatic rings. The highest BCUT2D eigenvalue weighted by atomic mass is 32.2. The van der Waals surface area contributed by atoms with Crippen LogP contribution >= 0.6 is 11.9 Å². The molecule has 2 amide bonds. The van der Waals surface area contributed by atoms with Crippen molar-refractivity contribution < 1.29 is 24.2 Å². The largest absolute Gasteiger partial charge is 0.507 e. The number of imide groups is 1. The minimum atomic E-state index is -0.400. The van der Waals surface area contributed by atoms with Gasteiger partial charge in [-0.1, -0.05) is 12.1 Å². The first-order valence-electron chi connectivity index (χ1n) is 6.43. The molecular weight excluding hydrogens is 306 g/mol. The van der Waals surface area contributed by atoms with Crippen LogP contribution in [0, 0.1) is 0 Å². The fourth-order valence-corrected chi connectivity index (χ4v) is 3.21. The molecule has 0 saturated carbocycles. The van der Waals surface area contributed by atoms with Crippen LogP contribution in [-0.2, 0) is 0 Å². The van der Waals surface area contributed by atoms with Gasteiger partial charge in [-0.2, -0.15) is 0 Å². The molecule has 2 aromatic carbocycles. The third-order valence-corrected chi connectivity index (χ3v) is 4.44. The van der Waals surface area contributed by atoms with E-state index in [0.29, 0.717) is 27.5 Å². The van der Waals surface area contributed by atoms with Crippen molar-refractivity contribution in [1.29, 1.82) is 0 Å². The SMILES string of the molecule is O=C1c2ccccc2C(=O)N1Sc1cc2c(cc1O)OCO2. The van der Waals surface area contributed by atoms with Crippen molar-refractivity contribution in [2.45, 2.75) is 4.90 Å². The summed E-state index contributed by atoms with van der Waals surface area (Å²) in [6.07, 6.45) is 0. The molecule has 0 aromatic heterocycles. The number of benzene rings is 2. The zero-order valence-electron chi connectivity index (χ0n) is 11.1. The van der Waals surface area contributed by atoms with E-state index in [1.54, 1.807) is 30.3 Å². The van der Waals surface area contributed by atoms with Crippen molar-refractivity contribution in [2.75, 3.05) is 6.79 Å². The molecule has 110 valence electrons. The van der Waals surface area contributed by atoms with Gasteiger partial charge in [0.25, 0.3) is 11.8 Å². The summed E-state index contributed by atoms with van der Waals surface area (Å²) in [6, 6.07) is 9.58. The summed E-state index contributed by atoms with van der Waals surface area (Å²) >= 11 is 0.865. The number of phenols is 1. The Hall–Kier alpha value is -2.67. The lowest BCUT2D eigenvalue weighted by atomic mass is 10.1. The maximum absolute atomic E-state index is 12.3. The van der Waals surface area contributed by atoms with Gasteiger partial charge in [-0.05, 0) is 12.1 Å². The molecule has 7 heteroatoms. The number of ether oxygens (including phenoxy) is 2. The normalized spacial score (nSPS) is 15.4. The molecule has 2 aliphatic heterocycles. The number of carbonyl (C=O) groups excluding carboxylic acids is 2. The van der Waals surface area contributed by atoms with Crippen LogP contribution in [0.5, 0.6) is 17.2 Å². The number of nitrogens with zero attached hydrogens (tertiary/aromatic N) is 1. The maximum Gasteiger partial charge on any atom is 0.272 e. The number of aromatic hydroxyl groups is 1. The van der Waals surface area contributed by atoms with Gasteiger partial charge in [0.15, 0.2) is 11.5 Å². The smallest absolute Gasteiger partial charge is 0.272 e. The Morgan fingerprint density at radius 2 is 1.59 bits per heavy atom. The molecule has 0 saturated heterocycles. The van der Waals surface area contributed by atoms with Gasteiger partial charge in [0.1, 0.15) is 5.75 Å². The zero-order valence-corrected chi connectivity index (χ0v) is 11.9. The third-order valence-electron chi connectivity index (χ3n) is 3.40. The molecule has 2 aliphatic rings. The quantitative estimate of drug-likeness (QED) is 0.677. The van der Waals surface area contributed by atoms with Gasteiger partial charge in [0, 0.05) is 24.1 Å². The van der Waals surface area contributed by atoms with Gasteiger partial charge in [-0.15, -0.1) is 0 Å². The van der Waals surface area contributed by atoms with Crippen LogP contribution in [0.15, 0.2) is 41.3 Å². The molecule has 0 fully saturated rings. The molecule has 0 atom stereocenters. The van der Waals surface area contributed by atoms with E-state index in [0.717, 1.165) is 16.3 Å². The van der Waals surface area contributed by atoms with Crippen molar-refractivity contribution in [1.82, 2.24) is 4.31 Å². The third kappa shape index (κ3) is 1.82. The molecule has 0 unspecified atom stereocenters. The molecule has 0 radical (unpaired) electrons. The van der Waals surface area contributed by atoms with Gasteiger partial charge in [-0.3, -0.25) is 9.59 Å². The van der Waals surface area contributed by atoms with Crippen LogP contribution in [0.25, 0.3) is 0 Å². The predicted octanol–water partition coefficient (Wildman–Crippen LogP) is 2.42. The Morgan fingerprint density at radius 1 is 1.00 bits per heavy atom. The number of hydrogen-bond donors (Lipinski definition) is 1. The lowest BCUT2D eigenvalue weighted by Crippen LogP contribution is -2.21. The first-order valence-corrected chi connectivity index (χ1v) is 7.21. The Morgan fingerprint density at radius 3 is 2.23 bits per heavy atom. The standard InChI is InChI=1S/C15H9NO5S/c17-10-5-11-12(21-7-20-11)6-13(10)22-16-14(18)8-3-1-2-4-9(8)15(16)19/h1-6,17H,7H2. The Bertz CT molecular complexity index is 785. The van der Waals surface area contributed by atoms with Crippen molar-refractivity contribution in [2.24, 2.45) is 0 Å². The van der Waals surface area contributed by atoms with Crippen LogP contribution < -0.4 is 9.47 Å². The van der Waals surface area contributed by atoms with Crippen LogP contribution in [0.1, 0.15) is 20.7 Å². The minimum absolute atomic E-state index is 0.0780. The molecular formula is C15H9NO5S. The highest BCUT2D eigenvalue weighted by Gasteiger charge is 2.37. The second-order valence-electron chi connectivity index (χ2n) is 4.71. The molecule has 22 heavy (non-hydrogen) atoms. The fourth-order valence-electron chi connectivity index (χ4n) is 2.33. The Labute approximate surface area is 129 Å². The summed E-state index contributed by atoms with van der Waals surface area (Å²) in [7, 11) is 0. The number of phenolic OH excluding ortho intramolecular Hbond substituents is 1. The molecule has 6 nitrogen and oxygen atoms in total. The highest BCUT2D eigenvalue weighted by Crippen LogP contribution is 2.44. The second-order valence-corrected chi connectivity index (χ2v) is 5.70. The molecule has 1 N–H and O–H groups in total. The summed E-state index contributed by atoms with van der Waals surface area (Å²) in [4.78, 5) is 25.0. The number of rotatable bonds is 2. The predicted molar refractivity (Wildman–Crippen MR) is 77.0 cm³/mol. The molecule has 4 rings (SSSR count). The van der Waals surface area contributed by atoms with Gasteiger partial charge in [0.05, 0.1) is 16.0 Å². The van der Waals surface area contributed by atoms with Crippen molar-refractivity contribution in [3.63, 3.8) is 0 Å². The summed E-state index contributed by atoms with van der Waals surface area (Å²) in [5.74, 6) is 0.0252. The van der Waals surface area contributed by atoms with Crippen LogP contribution in [-0.4, -0.2) is 28.0 Å². The van der Waals surface area contributed by atoms with E-state index in [4.69, 9.17) is 9.47 Å². The van der Waals surface area contributed by atoms with Gasteiger partial charge < -0.3 is 14.6 Å². The van der Waals surface area contributed by atoms with Crippen LogP contribution in [0.4, 0.5) is 0 Å². The van der Waals surface area contributed by atoms with Gasteiger partial charge in [-0.25, -0.2) is 4.31 Å². The molecule has 0 spiro atoms. The first-order chi connectivity index (χ1) is 10.6. The number of carbonyl (C=O) groups is 2. The monoisotopic (exact) mass is 315 g/mol. The van der Waals surface area contributed by atoms with E-state index in [1.165, 1.54) is 6.07 Å². The second kappa shape index (κ2) is 4.67. The fraction of sp³-hybridized carbons (Fsp3) is 0.0667. The average molecular weight is 315 g/mol. The van der Waals surface area contributed by atoms with E-state index in [-0.39, 0.29) is 12.5 Å². The summed E-state index contributed by atoms with van der Waals surface area (Å²) in [5.41, 5.74) is 0.723. The van der Waals surface area contributed by atoms with Crippen molar-refractivity contribution >= 4 is 23.8 Å². The molecule has 0 aliphatic carbocycles. The Kier molecular flexibility index (Phi) is 2.77. The number of hydrogen-bond acceptors (Lipinski definition) is 6. The lowest BCUT2D eigenvalue weighted by molar-refractivity contribution is 0.0777.